The second-order valence-corrected chi connectivity index (χ2v) is 5.03. The Labute approximate surface area is 114 Å². The van der Waals surface area contributed by atoms with Gasteiger partial charge in [0.1, 0.15) is 5.82 Å². The van der Waals surface area contributed by atoms with Gasteiger partial charge in [0, 0.05) is 12.6 Å². The van der Waals surface area contributed by atoms with Gasteiger partial charge in [-0.1, -0.05) is 19.1 Å². The fourth-order valence-corrected chi connectivity index (χ4v) is 1.98. The molecule has 106 valence electrons. The highest BCUT2D eigenvalue weighted by atomic mass is 19.1. The number of nitrogens with one attached hydrogen (secondary N) is 1. The number of benzene rings is 1. The number of esters is 1. The SMILES string of the molecule is COC(=O)C(C)C(C)NCc1cc(C)c(F)c(C)c1. The molecule has 0 aliphatic carbocycles. The van der Waals surface area contributed by atoms with Crippen LogP contribution in [0.1, 0.15) is 30.5 Å². The first kappa shape index (κ1) is 15.6. The van der Waals surface area contributed by atoms with Gasteiger partial charge in [-0.2, -0.15) is 0 Å². The van der Waals surface area contributed by atoms with Crippen LogP contribution in [-0.4, -0.2) is 19.1 Å². The molecule has 3 nitrogen and oxygen atoms in total. The molecule has 2 unspecified atom stereocenters. The van der Waals surface area contributed by atoms with Crippen LogP contribution in [0, 0.1) is 25.6 Å². The van der Waals surface area contributed by atoms with E-state index in [1.165, 1.54) is 7.11 Å². The highest BCUT2D eigenvalue weighted by Gasteiger charge is 2.20. The predicted octanol–water partition coefficient (Wildman–Crippen LogP) is 2.73. The number of rotatable bonds is 5. The summed E-state index contributed by atoms with van der Waals surface area (Å²) in [6.45, 7) is 7.87. The highest BCUT2D eigenvalue weighted by Crippen LogP contribution is 2.15. The van der Waals surface area contributed by atoms with Gasteiger partial charge in [0.25, 0.3) is 0 Å². The Kier molecular flexibility index (Phi) is 5.48. The smallest absolute Gasteiger partial charge is 0.309 e. The van der Waals surface area contributed by atoms with E-state index in [4.69, 9.17) is 4.74 Å². The van der Waals surface area contributed by atoms with Crippen LogP contribution in [0.15, 0.2) is 12.1 Å². The molecular formula is C15H22FNO2. The third-order valence-electron chi connectivity index (χ3n) is 3.45. The van der Waals surface area contributed by atoms with Crippen LogP contribution in [0.3, 0.4) is 0 Å². The van der Waals surface area contributed by atoms with Crippen molar-refractivity contribution >= 4 is 5.97 Å². The van der Waals surface area contributed by atoms with Crippen molar-refractivity contribution < 1.29 is 13.9 Å². The van der Waals surface area contributed by atoms with E-state index in [-0.39, 0.29) is 23.7 Å². The summed E-state index contributed by atoms with van der Waals surface area (Å²) in [5.74, 6) is -0.598. The Morgan fingerprint density at radius 2 is 1.84 bits per heavy atom. The lowest BCUT2D eigenvalue weighted by Gasteiger charge is -2.19. The molecule has 1 rings (SSSR count). The minimum Gasteiger partial charge on any atom is -0.469 e. The lowest BCUT2D eigenvalue weighted by molar-refractivity contribution is -0.145. The molecule has 0 fully saturated rings. The van der Waals surface area contributed by atoms with Crippen LogP contribution in [0.2, 0.25) is 0 Å². The summed E-state index contributed by atoms with van der Waals surface area (Å²) < 4.78 is 18.2. The Morgan fingerprint density at radius 1 is 1.32 bits per heavy atom. The van der Waals surface area contributed by atoms with Crippen LogP contribution in [-0.2, 0) is 16.1 Å². The van der Waals surface area contributed by atoms with Gasteiger partial charge in [-0.15, -0.1) is 0 Å². The summed E-state index contributed by atoms with van der Waals surface area (Å²) in [7, 11) is 1.39. The zero-order valence-corrected chi connectivity index (χ0v) is 12.2. The van der Waals surface area contributed by atoms with Crippen molar-refractivity contribution in [3.05, 3.63) is 34.6 Å². The van der Waals surface area contributed by atoms with E-state index in [0.717, 1.165) is 5.56 Å². The van der Waals surface area contributed by atoms with Crippen LogP contribution >= 0.6 is 0 Å². The van der Waals surface area contributed by atoms with Gasteiger partial charge in [-0.3, -0.25) is 4.79 Å². The fourth-order valence-electron chi connectivity index (χ4n) is 1.98. The van der Waals surface area contributed by atoms with Gasteiger partial charge < -0.3 is 10.1 Å². The van der Waals surface area contributed by atoms with Crippen LogP contribution in [0.4, 0.5) is 4.39 Å². The van der Waals surface area contributed by atoms with E-state index >= 15 is 0 Å². The van der Waals surface area contributed by atoms with Gasteiger partial charge in [0.2, 0.25) is 0 Å². The van der Waals surface area contributed by atoms with Crippen LogP contribution in [0.25, 0.3) is 0 Å². The molecule has 1 N–H and O–H groups in total. The summed E-state index contributed by atoms with van der Waals surface area (Å²) in [5.41, 5.74) is 2.30. The Bertz CT molecular complexity index is 436. The van der Waals surface area contributed by atoms with Crippen molar-refractivity contribution in [1.82, 2.24) is 5.32 Å². The van der Waals surface area contributed by atoms with Crippen molar-refractivity contribution in [3.63, 3.8) is 0 Å². The van der Waals surface area contributed by atoms with Gasteiger partial charge in [-0.25, -0.2) is 4.39 Å². The number of ether oxygens (including phenoxy) is 1. The number of hydrogen-bond acceptors (Lipinski definition) is 3. The summed E-state index contributed by atoms with van der Waals surface area (Å²) in [5, 5.41) is 3.26. The molecule has 4 heteroatoms. The third-order valence-corrected chi connectivity index (χ3v) is 3.45. The number of carbonyl (C=O) groups excluding carboxylic acids is 1. The maximum Gasteiger partial charge on any atom is 0.309 e. The highest BCUT2D eigenvalue weighted by molar-refractivity contribution is 5.72. The maximum atomic E-state index is 13.5. The van der Waals surface area contributed by atoms with Gasteiger partial charge >= 0.3 is 5.97 Å². The number of hydrogen-bond donors (Lipinski definition) is 1. The van der Waals surface area contributed by atoms with Gasteiger partial charge in [0.05, 0.1) is 13.0 Å². The molecule has 0 aliphatic heterocycles. The first-order chi connectivity index (χ1) is 8.86. The van der Waals surface area contributed by atoms with Gasteiger partial charge in [0.15, 0.2) is 0 Å². The number of aryl methyl sites for hydroxylation is 2. The molecule has 0 spiro atoms. The lowest BCUT2D eigenvalue weighted by Crippen LogP contribution is -2.36. The molecule has 0 saturated carbocycles. The number of carbonyl (C=O) groups is 1. The summed E-state index contributed by atoms with van der Waals surface area (Å²) in [6.07, 6.45) is 0. The quantitative estimate of drug-likeness (QED) is 0.834. The molecule has 0 aromatic heterocycles. The second kappa shape index (κ2) is 6.66. The molecule has 1 aromatic carbocycles. The van der Waals surface area contributed by atoms with E-state index in [1.807, 2.05) is 26.0 Å². The molecule has 19 heavy (non-hydrogen) atoms. The average Bonchev–Trinajstić information content (AvgIpc) is 2.40. The molecule has 0 aliphatic rings. The summed E-state index contributed by atoms with van der Waals surface area (Å²) in [6, 6.07) is 3.65. The fraction of sp³-hybridized carbons (Fsp3) is 0.533. The molecule has 0 bridgehead atoms. The van der Waals surface area contributed by atoms with E-state index in [2.05, 4.69) is 5.32 Å². The van der Waals surface area contributed by atoms with E-state index < -0.39 is 0 Å². The zero-order chi connectivity index (χ0) is 14.6. The number of halogens is 1. The Morgan fingerprint density at radius 3 is 2.32 bits per heavy atom. The molecule has 2 atom stereocenters. The average molecular weight is 267 g/mol. The van der Waals surface area contributed by atoms with Crippen molar-refractivity contribution in [2.24, 2.45) is 5.92 Å². The second-order valence-electron chi connectivity index (χ2n) is 5.03. The topological polar surface area (TPSA) is 38.3 Å². The predicted molar refractivity (Wildman–Crippen MR) is 73.4 cm³/mol. The molecule has 1 aromatic rings. The summed E-state index contributed by atoms with van der Waals surface area (Å²) in [4.78, 5) is 11.4. The monoisotopic (exact) mass is 267 g/mol. The van der Waals surface area contributed by atoms with Crippen molar-refractivity contribution in [3.8, 4) is 0 Å². The molecule has 0 saturated heterocycles. The standard InChI is InChI=1S/C15H22FNO2/c1-9-6-13(7-10(2)14(9)16)8-17-12(4)11(3)15(18)19-5/h6-7,11-12,17H,8H2,1-5H3. The number of methoxy groups -OCH3 is 1. The Balaban J connectivity index is 2.64. The normalized spacial score (nSPS) is 14.0. The first-order valence-corrected chi connectivity index (χ1v) is 6.43. The van der Waals surface area contributed by atoms with Crippen molar-refractivity contribution in [2.45, 2.75) is 40.3 Å². The zero-order valence-electron chi connectivity index (χ0n) is 12.2. The summed E-state index contributed by atoms with van der Waals surface area (Å²) >= 11 is 0. The van der Waals surface area contributed by atoms with Crippen LogP contribution in [0.5, 0.6) is 0 Å². The lowest BCUT2D eigenvalue weighted by atomic mass is 10.0. The van der Waals surface area contributed by atoms with Crippen molar-refractivity contribution in [2.75, 3.05) is 7.11 Å². The Hall–Kier alpha value is -1.42. The third kappa shape index (κ3) is 4.03. The molecule has 0 heterocycles. The first-order valence-electron chi connectivity index (χ1n) is 6.43. The molecular weight excluding hydrogens is 245 g/mol. The maximum absolute atomic E-state index is 13.5. The van der Waals surface area contributed by atoms with Crippen molar-refractivity contribution in [1.29, 1.82) is 0 Å². The van der Waals surface area contributed by atoms with Gasteiger partial charge in [-0.05, 0) is 37.5 Å². The minimum atomic E-state index is -0.230. The van der Waals surface area contributed by atoms with Crippen LogP contribution < -0.4 is 5.32 Å². The minimum absolute atomic E-state index is 0.00175. The molecule has 0 radical (unpaired) electrons. The molecule has 0 amide bonds. The van der Waals surface area contributed by atoms with E-state index in [9.17, 15) is 9.18 Å². The van der Waals surface area contributed by atoms with E-state index in [1.54, 1.807) is 13.8 Å². The largest absolute Gasteiger partial charge is 0.469 e. The van der Waals surface area contributed by atoms with E-state index in [0.29, 0.717) is 17.7 Å².